The Labute approximate surface area is 166 Å². The molecule has 144 valence electrons. The van der Waals surface area contributed by atoms with Gasteiger partial charge in [-0.3, -0.25) is 4.68 Å². The third-order valence-electron chi connectivity index (χ3n) is 5.17. The van der Waals surface area contributed by atoms with Crippen molar-refractivity contribution in [1.29, 1.82) is 0 Å². The normalized spacial score (nSPS) is 13.6. The number of rotatable bonds is 4. The van der Waals surface area contributed by atoms with E-state index in [-0.39, 0.29) is 0 Å². The van der Waals surface area contributed by atoms with Crippen LogP contribution in [0.4, 0.5) is 0 Å². The highest BCUT2D eigenvalue weighted by atomic mass is 16.5. The van der Waals surface area contributed by atoms with Crippen LogP contribution >= 0.6 is 0 Å². The molecule has 2 N–H and O–H groups in total. The van der Waals surface area contributed by atoms with Crippen LogP contribution in [0, 0.1) is 0 Å². The molecule has 0 spiro atoms. The van der Waals surface area contributed by atoms with Crippen molar-refractivity contribution in [3.8, 4) is 22.4 Å². The van der Waals surface area contributed by atoms with Gasteiger partial charge in [0.15, 0.2) is 5.76 Å². The fourth-order valence-electron chi connectivity index (χ4n) is 3.48. The molecule has 0 aliphatic heterocycles. The van der Waals surface area contributed by atoms with E-state index in [9.17, 15) is 5.11 Å². The molecule has 1 aromatic carbocycles. The van der Waals surface area contributed by atoms with Crippen LogP contribution < -0.4 is 0 Å². The second kappa shape index (κ2) is 6.42. The molecule has 7 nitrogen and oxygen atoms in total. The number of hydrogen-bond donors (Lipinski definition) is 2. The van der Waals surface area contributed by atoms with E-state index in [0.717, 1.165) is 33.3 Å². The molecule has 0 aliphatic rings. The Morgan fingerprint density at radius 3 is 2.69 bits per heavy atom. The van der Waals surface area contributed by atoms with Crippen LogP contribution in [0.5, 0.6) is 0 Å². The molecule has 0 aliphatic carbocycles. The van der Waals surface area contributed by atoms with E-state index in [2.05, 4.69) is 26.3 Å². The fourth-order valence-corrected chi connectivity index (χ4v) is 3.48. The molecule has 4 heterocycles. The molecule has 5 rings (SSSR count). The first-order valence-corrected chi connectivity index (χ1v) is 9.24. The zero-order valence-corrected chi connectivity index (χ0v) is 16.0. The van der Waals surface area contributed by atoms with Crippen molar-refractivity contribution in [2.24, 2.45) is 7.05 Å². The van der Waals surface area contributed by atoms with Gasteiger partial charge in [0, 0.05) is 53.8 Å². The van der Waals surface area contributed by atoms with E-state index in [4.69, 9.17) is 4.52 Å². The summed E-state index contributed by atoms with van der Waals surface area (Å²) in [7, 11) is 1.88. The van der Waals surface area contributed by atoms with Gasteiger partial charge >= 0.3 is 0 Å². The largest absolute Gasteiger partial charge is 0.377 e. The number of benzene rings is 1. The van der Waals surface area contributed by atoms with Gasteiger partial charge in [-0.1, -0.05) is 35.5 Å². The van der Waals surface area contributed by atoms with Gasteiger partial charge in [-0.15, -0.1) is 0 Å². The Morgan fingerprint density at radius 2 is 1.93 bits per heavy atom. The summed E-state index contributed by atoms with van der Waals surface area (Å²) in [6.07, 6.45) is 7.42. The van der Waals surface area contributed by atoms with Crippen LogP contribution in [-0.2, 0) is 12.6 Å². The van der Waals surface area contributed by atoms with E-state index in [1.165, 1.54) is 0 Å². The number of H-pyrrole nitrogens is 1. The topological polar surface area (TPSA) is 92.8 Å². The van der Waals surface area contributed by atoms with E-state index in [0.29, 0.717) is 11.5 Å². The molecule has 7 heteroatoms. The lowest BCUT2D eigenvalue weighted by Gasteiger charge is -2.20. The Bertz CT molecular complexity index is 1300. The maximum Gasteiger partial charge on any atom is 0.173 e. The first-order valence-electron chi connectivity index (χ1n) is 9.24. The van der Waals surface area contributed by atoms with Crippen LogP contribution in [0.1, 0.15) is 18.2 Å². The molecule has 0 radical (unpaired) electrons. The summed E-state index contributed by atoms with van der Waals surface area (Å²) >= 11 is 0. The van der Waals surface area contributed by atoms with Gasteiger partial charge in [-0.05, 0) is 18.6 Å². The van der Waals surface area contributed by atoms with Gasteiger partial charge < -0.3 is 14.6 Å². The second-order valence-electron chi connectivity index (χ2n) is 7.24. The third-order valence-corrected chi connectivity index (χ3v) is 5.17. The third kappa shape index (κ3) is 2.92. The smallest absolute Gasteiger partial charge is 0.173 e. The first-order chi connectivity index (χ1) is 14.0. The fraction of sp³-hybridized carbons (Fsp3) is 0.136. The molecule has 0 unspecified atom stereocenters. The van der Waals surface area contributed by atoms with Gasteiger partial charge in [-0.25, -0.2) is 4.98 Å². The molecule has 0 bridgehead atoms. The summed E-state index contributed by atoms with van der Waals surface area (Å²) in [6.45, 7) is 1.70. The highest BCUT2D eigenvalue weighted by Crippen LogP contribution is 2.34. The molecule has 29 heavy (non-hydrogen) atoms. The first kappa shape index (κ1) is 17.4. The van der Waals surface area contributed by atoms with Crippen molar-refractivity contribution in [2.75, 3.05) is 0 Å². The minimum atomic E-state index is -1.28. The van der Waals surface area contributed by atoms with Gasteiger partial charge in [0.2, 0.25) is 0 Å². The lowest BCUT2D eigenvalue weighted by atomic mass is 9.93. The number of hydrogen-bond acceptors (Lipinski definition) is 5. The number of nitrogens with one attached hydrogen (secondary N) is 1. The van der Waals surface area contributed by atoms with Gasteiger partial charge in [0.1, 0.15) is 16.9 Å². The Balaban J connectivity index is 1.57. The van der Waals surface area contributed by atoms with Crippen molar-refractivity contribution >= 4 is 11.0 Å². The molecule has 0 saturated carbocycles. The van der Waals surface area contributed by atoms with Crippen molar-refractivity contribution in [3.05, 3.63) is 78.6 Å². The number of aromatic nitrogens is 5. The number of fused-ring (bicyclic) bond motifs is 1. The van der Waals surface area contributed by atoms with Crippen LogP contribution in [0.2, 0.25) is 0 Å². The summed E-state index contributed by atoms with van der Waals surface area (Å²) in [4.78, 5) is 7.69. The quantitative estimate of drug-likeness (QED) is 0.490. The zero-order chi connectivity index (χ0) is 20.0. The van der Waals surface area contributed by atoms with E-state index in [1.54, 1.807) is 23.9 Å². The van der Waals surface area contributed by atoms with Crippen LogP contribution in [0.15, 0.2) is 71.8 Å². The SMILES string of the molecule is Cn1cc(-c2cnc3[nH]cc(-c4cc([C@@](C)(O)c5ccccc5)on4)c3c2)cn1. The van der Waals surface area contributed by atoms with Crippen LogP contribution in [-0.4, -0.2) is 30.0 Å². The Morgan fingerprint density at radius 1 is 1.10 bits per heavy atom. The average molecular weight is 385 g/mol. The van der Waals surface area contributed by atoms with E-state index in [1.807, 2.05) is 56.0 Å². The Hall–Kier alpha value is -3.71. The van der Waals surface area contributed by atoms with Gasteiger partial charge in [-0.2, -0.15) is 5.10 Å². The molecule has 0 saturated heterocycles. The van der Waals surface area contributed by atoms with Crippen LogP contribution in [0.3, 0.4) is 0 Å². The van der Waals surface area contributed by atoms with Crippen molar-refractivity contribution in [3.63, 3.8) is 0 Å². The summed E-state index contributed by atoms with van der Waals surface area (Å²) < 4.78 is 7.28. The number of pyridine rings is 1. The highest BCUT2D eigenvalue weighted by molar-refractivity contribution is 5.94. The second-order valence-corrected chi connectivity index (χ2v) is 7.24. The van der Waals surface area contributed by atoms with Gasteiger partial charge in [0.05, 0.1) is 6.20 Å². The molecule has 5 aromatic rings. The Kier molecular flexibility index (Phi) is 3.85. The minimum absolute atomic E-state index is 0.379. The molecular weight excluding hydrogens is 366 g/mol. The van der Waals surface area contributed by atoms with Crippen molar-refractivity contribution in [1.82, 2.24) is 24.9 Å². The number of aromatic amines is 1. The molecule has 1 atom stereocenters. The number of aliphatic hydroxyl groups is 1. The summed E-state index contributed by atoms with van der Waals surface area (Å²) in [5, 5.41) is 20.4. The van der Waals surface area contributed by atoms with Crippen LogP contribution in [0.25, 0.3) is 33.4 Å². The monoisotopic (exact) mass is 385 g/mol. The maximum atomic E-state index is 11.0. The van der Waals surface area contributed by atoms with E-state index < -0.39 is 5.60 Å². The average Bonchev–Trinajstić information content (AvgIpc) is 3.47. The molecule has 4 aromatic heterocycles. The summed E-state index contributed by atoms with van der Waals surface area (Å²) in [5.41, 5.74) is 3.66. The minimum Gasteiger partial charge on any atom is -0.377 e. The molecule has 0 amide bonds. The van der Waals surface area contributed by atoms with Gasteiger partial charge in [0.25, 0.3) is 0 Å². The van der Waals surface area contributed by atoms with Crippen molar-refractivity contribution in [2.45, 2.75) is 12.5 Å². The molecule has 0 fully saturated rings. The predicted molar refractivity (Wildman–Crippen MR) is 109 cm³/mol. The van der Waals surface area contributed by atoms with Crippen molar-refractivity contribution < 1.29 is 9.63 Å². The summed E-state index contributed by atoms with van der Waals surface area (Å²) in [5.74, 6) is 0.379. The molecular formula is C22H19N5O2. The van der Waals surface area contributed by atoms with E-state index >= 15 is 0 Å². The summed E-state index contributed by atoms with van der Waals surface area (Å²) in [6, 6.07) is 13.2. The number of aryl methyl sites for hydroxylation is 1. The highest BCUT2D eigenvalue weighted by Gasteiger charge is 2.30. The maximum absolute atomic E-state index is 11.0. The number of nitrogens with zero attached hydrogens (tertiary/aromatic N) is 4. The zero-order valence-electron chi connectivity index (χ0n) is 16.0. The predicted octanol–water partition coefficient (Wildman–Crippen LogP) is 3.87. The lowest BCUT2D eigenvalue weighted by Crippen LogP contribution is -2.21. The lowest BCUT2D eigenvalue weighted by molar-refractivity contribution is 0.0694. The standard InChI is InChI=1S/C22H19N5O2/c1-22(28,16-6-4-3-5-7-16)20-9-19(26-29-20)18-12-24-21-17(18)8-14(10-23-21)15-11-25-27(2)13-15/h3-13,28H,1-2H3,(H,23,24)/t22-/m0/s1.